The van der Waals surface area contributed by atoms with E-state index in [4.69, 9.17) is 5.73 Å². The van der Waals surface area contributed by atoms with Gasteiger partial charge in [0, 0.05) is 29.8 Å². The summed E-state index contributed by atoms with van der Waals surface area (Å²) < 4.78 is 13.0. The van der Waals surface area contributed by atoms with Gasteiger partial charge in [-0.3, -0.25) is 14.4 Å². The van der Waals surface area contributed by atoms with E-state index >= 15 is 0 Å². The number of ketones is 1. The summed E-state index contributed by atoms with van der Waals surface area (Å²) >= 11 is 0. The van der Waals surface area contributed by atoms with Gasteiger partial charge in [0.25, 0.3) is 0 Å². The summed E-state index contributed by atoms with van der Waals surface area (Å²) in [6.45, 7) is 0. The molecule has 1 fully saturated rings. The Morgan fingerprint density at radius 2 is 1.84 bits per heavy atom. The Morgan fingerprint density at radius 3 is 2.56 bits per heavy atom. The number of benzene rings is 2. The molecule has 4 rings (SSSR count). The Kier molecular flexibility index (Phi) is 5.97. The molecule has 2 aromatic carbocycles. The van der Waals surface area contributed by atoms with Gasteiger partial charge in [0.1, 0.15) is 17.1 Å². The van der Waals surface area contributed by atoms with Crippen LogP contribution in [0.2, 0.25) is 0 Å². The fraction of sp³-hybridized carbons (Fsp3) is 0.375. The smallest absolute Gasteiger partial charge is 0.324 e. The third-order valence-corrected chi connectivity index (χ3v) is 6.56. The predicted molar refractivity (Wildman–Crippen MR) is 118 cm³/mol. The van der Waals surface area contributed by atoms with E-state index in [-0.39, 0.29) is 12.0 Å². The Bertz CT molecular complexity index is 1040. The third kappa shape index (κ3) is 4.23. The summed E-state index contributed by atoms with van der Waals surface area (Å²) in [5.41, 5.74) is 6.67. The summed E-state index contributed by atoms with van der Waals surface area (Å²) in [6.07, 6.45) is 1.73. The van der Waals surface area contributed by atoms with E-state index in [1.165, 1.54) is 24.3 Å². The van der Waals surface area contributed by atoms with Crippen molar-refractivity contribution in [1.29, 1.82) is 0 Å². The van der Waals surface area contributed by atoms with Crippen molar-refractivity contribution in [3.63, 3.8) is 0 Å². The number of halogens is 1. The number of fused-ring (bicyclic) bond motifs is 2. The van der Waals surface area contributed by atoms with Crippen molar-refractivity contribution in [2.45, 2.75) is 49.6 Å². The molecule has 0 aromatic heterocycles. The third-order valence-electron chi connectivity index (χ3n) is 6.56. The first-order chi connectivity index (χ1) is 15.3. The number of anilines is 2. The highest BCUT2D eigenvalue weighted by Crippen LogP contribution is 2.50. The maximum absolute atomic E-state index is 13.0. The molecule has 4 unspecified atom stereocenters. The summed E-state index contributed by atoms with van der Waals surface area (Å²) in [7, 11) is 0. The highest BCUT2D eigenvalue weighted by atomic mass is 19.1. The van der Waals surface area contributed by atoms with E-state index in [1.54, 1.807) is 0 Å². The lowest BCUT2D eigenvalue weighted by Crippen LogP contribution is -2.58. The molecule has 168 valence electrons. The molecule has 1 amide bonds. The number of Topliss-reactive ketones (excluding diaryl/α,β-unsaturated/α-hetero) is 1. The molecule has 2 aliphatic rings. The van der Waals surface area contributed by atoms with Gasteiger partial charge in [-0.15, -0.1) is 0 Å². The van der Waals surface area contributed by atoms with Crippen LogP contribution in [0.5, 0.6) is 0 Å². The van der Waals surface area contributed by atoms with Gasteiger partial charge >= 0.3 is 5.97 Å². The van der Waals surface area contributed by atoms with Crippen LogP contribution < -0.4 is 16.4 Å². The van der Waals surface area contributed by atoms with Gasteiger partial charge in [0.05, 0.1) is 6.42 Å². The second-order valence-electron chi connectivity index (χ2n) is 8.70. The SMILES string of the molecule is NC(CC(=O)CC(=O)Nc1ccc(F)cc1)(C(=O)O)C1c2ccccc2NC2CCCC21. The van der Waals surface area contributed by atoms with E-state index in [2.05, 4.69) is 10.6 Å². The van der Waals surface area contributed by atoms with Crippen molar-refractivity contribution in [2.75, 3.05) is 10.6 Å². The minimum atomic E-state index is -1.83. The molecule has 1 aliphatic carbocycles. The highest BCUT2D eigenvalue weighted by Gasteiger charge is 2.53. The van der Waals surface area contributed by atoms with E-state index < -0.39 is 47.8 Å². The first-order valence-electron chi connectivity index (χ1n) is 10.7. The molecule has 2 aromatic rings. The first-order valence-corrected chi connectivity index (χ1v) is 10.7. The standard InChI is InChI=1S/C24H26FN3O4/c25-14-8-10-15(11-9-14)27-21(30)12-16(29)13-24(26,23(31)32)22-17-4-1-2-6-19(17)28-20-7-3-5-18(20)22/h1-2,4,6,8-11,18,20,22,28H,3,5,7,12-13,26H2,(H,27,30)(H,31,32). The fourth-order valence-corrected chi connectivity index (χ4v) is 5.18. The zero-order valence-corrected chi connectivity index (χ0v) is 17.5. The molecule has 0 radical (unpaired) electrons. The van der Waals surface area contributed by atoms with Crippen molar-refractivity contribution in [1.82, 2.24) is 0 Å². The molecular weight excluding hydrogens is 413 g/mol. The number of carboxylic acids is 1. The van der Waals surface area contributed by atoms with Gasteiger partial charge in [0.2, 0.25) is 5.91 Å². The molecule has 1 heterocycles. The second kappa shape index (κ2) is 8.70. The van der Waals surface area contributed by atoms with Crippen LogP contribution in [0.1, 0.15) is 43.6 Å². The minimum Gasteiger partial charge on any atom is -0.480 e. The maximum Gasteiger partial charge on any atom is 0.324 e. The Morgan fingerprint density at radius 1 is 1.12 bits per heavy atom. The van der Waals surface area contributed by atoms with Gasteiger partial charge in [-0.2, -0.15) is 0 Å². The number of rotatable bonds is 7. The van der Waals surface area contributed by atoms with Gasteiger partial charge in [-0.05, 0) is 54.7 Å². The lowest BCUT2D eigenvalue weighted by molar-refractivity contribution is -0.147. The number of hydrogen-bond acceptors (Lipinski definition) is 5. The zero-order valence-electron chi connectivity index (χ0n) is 17.5. The van der Waals surface area contributed by atoms with Crippen LogP contribution in [0.15, 0.2) is 48.5 Å². The molecule has 0 bridgehead atoms. The van der Waals surface area contributed by atoms with Crippen LogP contribution in [0.25, 0.3) is 0 Å². The van der Waals surface area contributed by atoms with E-state index in [1.807, 2.05) is 24.3 Å². The molecular formula is C24H26FN3O4. The van der Waals surface area contributed by atoms with Crippen LogP contribution in [0.3, 0.4) is 0 Å². The number of aliphatic carboxylic acids is 1. The molecule has 0 saturated heterocycles. The number of para-hydroxylation sites is 1. The number of carbonyl (C=O) groups excluding carboxylic acids is 2. The number of carbonyl (C=O) groups is 3. The van der Waals surface area contributed by atoms with Gasteiger partial charge < -0.3 is 21.5 Å². The average molecular weight is 439 g/mol. The topological polar surface area (TPSA) is 122 Å². The number of nitrogens with one attached hydrogen (secondary N) is 2. The van der Waals surface area contributed by atoms with Crippen molar-refractivity contribution in [3.05, 3.63) is 59.9 Å². The Labute approximate surface area is 185 Å². The monoisotopic (exact) mass is 439 g/mol. The Balaban J connectivity index is 1.54. The summed E-state index contributed by atoms with van der Waals surface area (Å²) in [4.78, 5) is 37.5. The van der Waals surface area contributed by atoms with Gasteiger partial charge in [-0.1, -0.05) is 24.6 Å². The van der Waals surface area contributed by atoms with Gasteiger partial charge in [0.15, 0.2) is 0 Å². The second-order valence-corrected chi connectivity index (χ2v) is 8.70. The molecule has 32 heavy (non-hydrogen) atoms. The van der Waals surface area contributed by atoms with Crippen molar-refractivity contribution >= 4 is 29.0 Å². The van der Waals surface area contributed by atoms with Crippen LogP contribution in [0, 0.1) is 11.7 Å². The van der Waals surface area contributed by atoms with Crippen molar-refractivity contribution in [3.8, 4) is 0 Å². The predicted octanol–water partition coefficient (Wildman–Crippen LogP) is 3.27. The lowest BCUT2D eigenvalue weighted by Gasteiger charge is -2.44. The van der Waals surface area contributed by atoms with Crippen molar-refractivity contribution in [2.24, 2.45) is 11.7 Å². The summed E-state index contributed by atoms with van der Waals surface area (Å²) in [5, 5.41) is 16.2. The molecule has 7 nitrogen and oxygen atoms in total. The number of nitrogens with two attached hydrogens (primary N) is 1. The number of carboxylic acid groups (broad SMARTS) is 1. The lowest BCUT2D eigenvalue weighted by atomic mass is 9.66. The van der Waals surface area contributed by atoms with E-state index in [0.717, 1.165) is 30.5 Å². The normalized spacial score (nSPS) is 23.2. The minimum absolute atomic E-state index is 0.00755. The molecule has 1 saturated carbocycles. The summed E-state index contributed by atoms with van der Waals surface area (Å²) in [6, 6.07) is 12.7. The van der Waals surface area contributed by atoms with Crippen LogP contribution in [-0.2, 0) is 14.4 Å². The quantitative estimate of drug-likeness (QED) is 0.491. The molecule has 5 N–H and O–H groups in total. The average Bonchev–Trinajstić information content (AvgIpc) is 3.21. The van der Waals surface area contributed by atoms with Crippen LogP contribution in [-0.4, -0.2) is 34.3 Å². The summed E-state index contributed by atoms with van der Waals surface area (Å²) in [5.74, 6) is -3.40. The van der Waals surface area contributed by atoms with Crippen LogP contribution in [0.4, 0.5) is 15.8 Å². The molecule has 4 atom stereocenters. The largest absolute Gasteiger partial charge is 0.480 e. The first kappa shape index (κ1) is 22.0. The zero-order chi connectivity index (χ0) is 22.9. The van der Waals surface area contributed by atoms with Gasteiger partial charge in [-0.25, -0.2) is 4.39 Å². The molecule has 8 heteroatoms. The highest BCUT2D eigenvalue weighted by molar-refractivity contribution is 6.05. The van der Waals surface area contributed by atoms with E-state index in [9.17, 15) is 23.9 Å². The maximum atomic E-state index is 13.0. The fourth-order valence-electron chi connectivity index (χ4n) is 5.18. The number of amides is 1. The van der Waals surface area contributed by atoms with E-state index in [0.29, 0.717) is 5.69 Å². The van der Waals surface area contributed by atoms with Crippen LogP contribution >= 0.6 is 0 Å². The Hall–Kier alpha value is -3.26. The molecule has 1 aliphatic heterocycles. The van der Waals surface area contributed by atoms with Crippen molar-refractivity contribution < 1.29 is 23.9 Å². The molecule has 0 spiro atoms. The number of hydrogen-bond donors (Lipinski definition) is 4.